The Morgan fingerprint density at radius 3 is 0.971 bits per heavy atom. The van der Waals surface area contributed by atoms with Crippen LogP contribution in [0.2, 0.25) is 0 Å². The van der Waals surface area contributed by atoms with Gasteiger partial charge in [-0.25, -0.2) is 0 Å². The molecule has 0 fully saturated rings. The standard InChI is InChI=1S/C37H38O2.C28H22.CO2/c1-25(2)23-36(31-17-9-5-13-27(31)28-14-6-10-18-32(28)36)21-22-37(24-26(3)35(38)39-4)33-19-11-7-15-29(33)30-16-8-12-20-34(30)37;1-5-13-23-19(9-1)20-10-2-6-14-24(20)27(23)17-18-28-25-15-7-3-11-21(25)22-12-4-8-16-26(22)28;2-1-3/h5-20,25-26H,21-24H2,1-4H3;1-16,27-28H,17-18H2;. The molecule has 0 aliphatic heterocycles. The summed E-state index contributed by atoms with van der Waals surface area (Å²) in [7, 11) is 1.51. The average Bonchev–Trinajstić information content (AvgIpc) is 4.08. The average molecular weight is 917 g/mol. The first-order valence-electron chi connectivity index (χ1n) is 25.1. The van der Waals surface area contributed by atoms with Gasteiger partial charge in [0.25, 0.3) is 0 Å². The topological polar surface area (TPSA) is 60.4 Å². The van der Waals surface area contributed by atoms with Crippen molar-refractivity contribution >= 4 is 12.1 Å². The van der Waals surface area contributed by atoms with Gasteiger partial charge in [0.05, 0.1) is 13.0 Å². The number of carbonyl (C=O) groups is 1. The van der Waals surface area contributed by atoms with Gasteiger partial charge in [-0.2, -0.15) is 9.59 Å². The molecule has 0 heterocycles. The lowest BCUT2D eigenvalue weighted by Crippen LogP contribution is -2.35. The van der Waals surface area contributed by atoms with Crippen LogP contribution >= 0.6 is 0 Å². The highest BCUT2D eigenvalue weighted by Gasteiger charge is 2.49. The molecule has 0 spiro atoms. The van der Waals surface area contributed by atoms with Gasteiger partial charge in [0.15, 0.2) is 0 Å². The molecule has 4 nitrogen and oxygen atoms in total. The van der Waals surface area contributed by atoms with Gasteiger partial charge >= 0.3 is 12.1 Å². The Bertz CT molecular complexity index is 2960. The predicted octanol–water partition coefficient (Wildman–Crippen LogP) is 15.8. The third-order valence-electron chi connectivity index (χ3n) is 16.0. The summed E-state index contributed by atoms with van der Waals surface area (Å²) in [5.74, 6) is 1.21. The molecule has 8 aromatic carbocycles. The Morgan fingerprint density at radius 1 is 0.429 bits per heavy atom. The molecule has 0 saturated heterocycles. The van der Waals surface area contributed by atoms with Crippen LogP contribution in [0.4, 0.5) is 0 Å². The fourth-order valence-electron chi connectivity index (χ4n) is 13.4. The molecule has 0 bridgehead atoms. The van der Waals surface area contributed by atoms with Crippen LogP contribution in [-0.4, -0.2) is 19.2 Å². The van der Waals surface area contributed by atoms with Crippen LogP contribution in [0.1, 0.15) is 116 Å². The molecular weight excluding hydrogens is 857 g/mol. The Kier molecular flexibility index (Phi) is 12.9. The predicted molar refractivity (Wildman–Crippen MR) is 281 cm³/mol. The van der Waals surface area contributed by atoms with Crippen molar-refractivity contribution < 1.29 is 19.1 Å². The summed E-state index contributed by atoms with van der Waals surface area (Å²) in [6, 6.07) is 71.7. The number of methoxy groups -OCH3 is 1. The van der Waals surface area contributed by atoms with Gasteiger partial charge in [0.1, 0.15) is 0 Å². The number of benzene rings is 8. The van der Waals surface area contributed by atoms with Crippen molar-refractivity contribution in [1.29, 1.82) is 0 Å². The van der Waals surface area contributed by atoms with E-state index in [-0.39, 0.29) is 28.9 Å². The van der Waals surface area contributed by atoms with Crippen molar-refractivity contribution in [2.75, 3.05) is 7.11 Å². The maximum Gasteiger partial charge on any atom is 0.373 e. The van der Waals surface area contributed by atoms with Crippen molar-refractivity contribution in [2.24, 2.45) is 11.8 Å². The highest BCUT2D eigenvalue weighted by molar-refractivity contribution is 5.84. The molecule has 0 amide bonds. The Morgan fingerprint density at radius 2 is 0.686 bits per heavy atom. The quantitative estimate of drug-likeness (QED) is 0.121. The van der Waals surface area contributed by atoms with E-state index in [4.69, 9.17) is 14.3 Å². The lowest BCUT2D eigenvalue weighted by Gasteiger charge is -2.40. The summed E-state index contributed by atoms with van der Waals surface area (Å²) in [5.41, 5.74) is 22.3. The van der Waals surface area contributed by atoms with Crippen molar-refractivity contribution in [3.63, 3.8) is 0 Å². The summed E-state index contributed by atoms with van der Waals surface area (Å²) in [5, 5.41) is 0. The fraction of sp³-hybridized carbons (Fsp3) is 0.242. The highest BCUT2D eigenvalue weighted by atomic mass is 16.5. The number of carbonyl (C=O) groups excluding carboxylic acids is 3. The zero-order valence-electron chi connectivity index (χ0n) is 40.7. The van der Waals surface area contributed by atoms with Gasteiger partial charge in [-0.1, -0.05) is 215 Å². The van der Waals surface area contributed by atoms with Gasteiger partial charge in [-0.3, -0.25) is 4.79 Å². The lowest BCUT2D eigenvalue weighted by atomic mass is 9.63. The second-order valence-corrected chi connectivity index (χ2v) is 20.2. The van der Waals surface area contributed by atoms with Gasteiger partial charge in [0, 0.05) is 22.7 Å². The molecule has 4 aliphatic carbocycles. The minimum absolute atomic E-state index is 0.0741. The summed E-state index contributed by atoms with van der Waals surface area (Å²) < 4.78 is 5.25. The molecule has 4 aliphatic rings. The van der Waals surface area contributed by atoms with E-state index in [0.717, 1.165) is 25.7 Å². The molecule has 8 aromatic rings. The molecule has 0 N–H and O–H groups in total. The lowest BCUT2D eigenvalue weighted by molar-refractivity contribution is -0.191. The van der Waals surface area contributed by atoms with E-state index in [2.05, 4.69) is 208 Å². The van der Waals surface area contributed by atoms with Crippen LogP contribution in [0.5, 0.6) is 0 Å². The minimum atomic E-state index is -0.267. The molecule has 348 valence electrons. The van der Waals surface area contributed by atoms with E-state index in [1.165, 1.54) is 109 Å². The molecule has 70 heavy (non-hydrogen) atoms. The summed E-state index contributed by atoms with van der Waals surface area (Å²) >= 11 is 0. The van der Waals surface area contributed by atoms with Crippen LogP contribution in [0, 0.1) is 11.8 Å². The number of rotatable bonds is 11. The van der Waals surface area contributed by atoms with Crippen molar-refractivity contribution in [1.82, 2.24) is 0 Å². The highest BCUT2D eigenvalue weighted by Crippen LogP contribution is 2.60. The second-order valence-electron chi connectivity index (χ2n) is 20.2. The van der Waals surface area contributed by atoms with Crippen molar-refractivity contribution in [3.05, 3.63) is 239 Å². The van der Waals surface area contributed by atoms with Crippen molar-refractivity contribution in [2.45, 2.75) is 82.0 Å². The van der Waals surface area contributed by atoms with E-state index in [1.807, 2.05) is 6.92 Å². The number of esters is 1. The molecule has 1 unspecified atom stereocenters. The maximum atomic E-state index is 12.8. The monoisotopic (exact) mass is 916 g/mol. The zero-order chi connectivity index (χ0) is 48.4. The number of hydrogen-bond donors (Lipinski definition) is 0. The van der Waals surface area contributed by atoms with E-state index in [9.17, 15) is 4.79 Å². The molecule has 12 rings (SSSR count). The SMILES string of the molecule is COC(=O)C(C)CC1(CCC2(CC(C)C)c3ccccc3-c3ccccc32)c2ccccc2-c2ccccc21.O=C=O.c1ccc2c(c1)-c1ccccc1C2CCC1c2ccccc2-c2ccccc21. The Balaban J connectivity index is 0.000000161. The largest absolute Gasteiger partial charge is 0.469 e. The summed E-state index contributed by atoms with van der Waals surface area (Å²) in [6.07, 6.45) is 6.40. The molecule has 0 aromatic heterocycles. The van der Waals surface area contributed by atoms with Crippen LogP contribution in [0.3, 0.4) is 0 Å². The second kappa shape index (κ2) is 19.5. The zero-order valence-corrected chi connectivity index (χ0v) is 40.7. The molecule has 4 heteroatoms. The number of fused-ring (bicyclic) bond motifs is 12. The first-order chi connectivity index (χ1) is 34.2. The normalized spacial score (nSPS) is 14.9. The smallest absolute Gasteiger partial charge is 0.373 e. The van der Waals surface area contributed by atoms with E-state index in [1.54, 1.807) is 0 Å². The fourth-order valence-corrected chi connectivity index (χ4v) is 13.4. The van der Waals surface area contributed by atoms with Gasteiger partial charge in [-0.15, -0.1) is 0 Å². The minimum Gasteiger partial charge on any atom is -0.469 e. The maximum absolute atomic E-state index is 12.8. The van der Waals surface area contributed by atoms with Crippen molar-refractivity contribution in [3.8, 4) is 44.5 Å². The molecule has 1 atom stereocenters. The van der Waals surface area contributed by atoms with Crippen LogP contribution in [0.15, 0.2) is 194 Å². The third kappa shape index (κ3) is 7.95. The summed E-state index contributed by atoms with van der Waals surface area (Å²) in [4.78, 5) is 29.1. The Labute approximate surface area is 413 Å². The summed E-state index contributed by atoms with van der Waals surface area (Å²) in [6.45, 7) is 6.72. The van der Waals surface area contributed by atoms with Gasteiger partial charge in [-0.05, 0) is 133 Å². The van der Waals surface area contributed by atoms with Gasteiger partial charge < -0.3 is 4.74 Å². The third-order valence-corrected chi connectivity index (χ3v) is 16.0. The van der Waals surface area contributed by atoms with E-state index in [0.29, 0.717) is 17.8 Å². The first-order valence-corrected chi connectivity index (χ1v) is 25.1. The number of hydrogen-bond acceptors (Lipinski definition) is 4. The van der Waals surface area contributed by atoms with Gasteiger partial charge in [0.2, 0.25) is 0 Å². The van der Waals surface area contributed by atoms with Crippen LogP contribution < -0.4 is 0 Å². The molecule has 0 saturated carbocycles. The Hall–Kier alpha value is -7.39. The molecular formula is C66H60O4. The van der Waals surface area contributed by atoms with Crippen LogP contribution in [0.25, 0.3) is 44.5 Å². The van der Waals surface area contributed by atoms with E-state index >= 15 is 0 Å². The first kappa shape index (κ1) is 46.3. The number of ether oxygens (including phenoxy) is 1. The van der Waals surface area contributed by atoms with Crippen LogP contribution in [-0.2, 0) is 30.0 Å². The van der Waals surface area contributed by atoms with E-state index < -0.39 is 0 Å². The molecule has 0 radical (unpaired) electrons.